The number of piperidine rings is 1. The Morgan fingerprint density at radius 1 is 1.00 bits per heavy atom. The molecule has 2 aliphatic heterocycles. The Morgan fingerprint density at radius 3 is 2.22 bits per heavy atom. The molecule has 0 unspecified atom stereocenters. The van der Waals surface area contributed by atoms with Crippen LogP contribution < -0.4 is 10.2 Å². The Bertz CT molecular complexity index is 2090. The van der Waals surface area contributed by atoms with Crippen molar-refractivity contribution in [2.45, 2.75) is 69.6 Å². The Hall–Kier alpha value is -4.61. The SMILES string of the molecule is CC(C)c1nc(C(=O)N2CCOC3(CCN(Cc4cccc(CCNC[C@H](O)c5ccc(O)c6[nH]c(=O)sc56)c4)CC3)C2)cs1.O=C(O)C(F)(F)F.O=C(O)C(F)(F)F. The lowest BCUT2D eigenvalue weighted by Crippen LogP contribution is -2.58. The first-order valence-corrected chi connectivity index (χ1v) is 19.8. The van der Waals surface area contributed by atoms with Crippen LogP contribution in [0.5, 0.6) is 5.75 Å². The number of carboxylic acids is 2. The van der Waals surface area contributed by atoms with E-state index in [2.05, 4.69) is 58.3 Å². The van der Waals surface area contributed by atoms with Crippen LogP contribution in [0.25, 0.3) is 10.2 Å². The quantitative estimate of drug-likeness (QED) is 0.0862. The molecule has 0 bridgehead atoms. The lowest BCUT2D eigenvalue weighted by atomic mass is 9.89. The van der Waals surface area contributed by atoms with Gasteiger partial charge < -0.3 is 40.4 Å². The molecule has 4 heterocycles. The molecule has 1 amide bonds. The number of aliphatic carboxylic acids is 2. The van der Waals surface area contributed by atoms with Crippen molar-refractivity contribution in [2.75, 3.05) is 45.9 Å². The number of phenolic OH excluding ortho intramolecular Hbond substituents is 1. The number of aliphatic hydroxyl groups is 1. The van der Waals surface area contributed by atoms with Gasteiger partial charge in [-0.25, -0.2) is 14.6 Å². The van der Waals surface area contributed by atoms with Gasteiger partial charge in [-0.2, -0.15) is 26.3 Å². The fourth-order valence-electron chi connectivity index (χ4n) is 6.28. The van der Waals surface area contributed by atoms with Gasteiger partial charge in [0.1, 0.15) is 17.0 Å². The summed E-state index contributed by atoms with van der Waals surface area (Å²) in [6.07, 6.45) is -8.35. The highest BCUT2D eigenvalue weighted by atomic mass is 32.1. The molecule has 1 atom stereocenters. The number of carbonyl (C=O) groups excluding carboxylic acids is 1. The smallest absolute Gasteiger partial charge is 0.490 e. The van der Waals surface area contributed by atoms with E-state index in [0.29, 0.717) is 60.2 Å². The number of nitrogens with zero attached hydrogens (tertiary/aromatic N) is 3. The third kappa shape index (κ3) is 13.4. The van der Waals surface area contributed by atoms with Crippen LogP contribution in [0, 0.1) is 0 Å². The molecule has 324 valence electrons. The van der Waals surface area contributed by atoms with Crippen LogP contribution in [0.15, 0.2) is 46.6 Å². The number of fused-ring (bicyclic) bond motifs is 1. The van der Waals surface area contributed by atoms with Crippen molar-refractivity contribution in [3.63, 3.8) is 0 Å². The summed E-state index contributed by atoms with van der Waals surface area (Å²) in [5.41, 5.74) is 3.76. The molecule has 4 aromatic rings. The predicted octanol–water partition coefficient (Wildman–Crippen LogP) is 5.51. The van der Waals surface area contributed by atoms with E-state index >= 15 is 0 Å². The number of amides is 1. The number of hydrogen-bond donors (Lipinski definition) is 6. The summed E-state index contributed by atoms with van der Waals surface area (Å²) in [4.78, 5) is 54.2. The number of aromatic amines is 1. The van der Waals surface area contributed by atoms with Crippen LogP contribution in [-0.2, 0) is 27.3 Å². The molecule has 0 radical (unpaired) electrons. The van der Waals surface area contributed by atoms with Gasteiger partial charge in [-0.15, -0.1) is 11.3 Å². The number of H-pyrrole nitrogens is 1. The van der Waals surface area contributed by atoms with E-state index in [9.17, 15) is 46.1 Å². The van der Waals surface area contributed by atoms with Crippen LogP contribution in [0.4, 0.5) is 26.3 Å². The second kappa shape index (κ2) is 20.1. The first-order valence-electron chi connectivity index (χ1n) is 18.1. The monoisotopic (exact) mass is 879 g/mol. The van der Waals surface area contributed by atoms with E-state index in [4.69, 9.17) is 24.5 Å². The Balaban J connectivity index is 0.000000471. The van der Waals surface area contributed by atoms with Crippen molar-refractivity contribution < 1.29 is 65.9 Å². The first kappa shape index (κ1) is 47.1. The van der Waals surface area contributed by atoms with Crippen molar-refractivity contribution >= 4 is 50.7 Å². The Kier molecular flexibility index (Phi) is 16.0. The van der Waals surface area contributed by atoms with Crippen molar-refractivity contribution in [2.24, 2.45) is 0 Å². The molecular formula is C37H43F6N5O9S2. The van der Waals surface area contributed by atoms with Crippen molar-refractivity contribution in [3.8, 4) is 5.75 Å². The number of carboxylic acid groups (broad SMARTS) is 2. The maximum absolute atomic E-state index is 13.2. The molecule has 0 aliphatic carbocycles. The maximum Gasteiger partial charge on any atom is 0.490 e. The van der Waals surface area contributed by atoms with Crippen molar-refractivity contribution in [3.05, 3.63) is 78.8 Å². The number of phenols is 1. The lowest BCUT2D eigenvalue weighted by molar-refractivity contribution is -0.193. The summed E-state index contributed by atoms with van der Waals surface area (Å²) in [6, 6.07) is 11.8. The highest BCUT2D eigenvalue weighted by Crippen LogP contribution is 2.33. The van der Waals surface area contributed by atoms with E-state index in [1.54, 1.807) is 17.4 Å². The number of nitrogens with one attached hydrogen (secondary N) is 2. The minimum atomic E-state index is -5.08. The number of benzene rings is 2. The zero-order chi connectivity index (χ0) is 43.7. The minimum absolute atomic E-state index is 0.00405. The number of halogens is 6. The molecular weight excluding hydrogens is 837 g/mol. The zero-order valence-corrected chi connectivity index (χ0v) is 33.4. The third-order valence-corrected chi connectivity index (χ3v) is 11.4. The average Bonchev–Trinajstić information content (AvgIpc) is 3.82. The van der Waals surface area contributed by atoms with Gasteiger partial charge >= 0.3 is 29.2 Å². The van der Waals surface area contributed by atoms with E-state index in [0.717, 1.165) is 55.2 Å². The molecule has 1 spiro atoms. The summed E-state index contributed by atoms with van der Waals surface area (Å²) in [5, 5.41) is 41.2. The maximum atomic E-state index is 13.2. The van der Waals surface area contributed by atoms with Gasteiger partial charge in [-0.1, -0.05) is 55.5 Å². The van der Waals surface area contributed by atoms with Gasteiger partial charge in [0.05, 0.1) is 34.6 Å². The van der Waals surface area contributed by atoms with Crippen LogP contribution in [-0.4, -0.2) is 122 Å². The number of thiazole rings is 2. The fourth-order valence-corrected chi connectivity index (χ4v) is 8.00. The van der Waals surface area contributed by atoms with Crippen molar-refractivity contribution in [1.29, 1.82) is 0 Å². The molecule has 14 nitrogen and oxygen atoms in total. The minimum Gasteiger partial charge on any atom is -0.506 e. The molecule has 2 aliphatic rings. The van der Waals surface area contributed by atoms with Gasteiger partial charge in [0, 0.05) is 49.6 Å². The van der Waals surface area contributed by atoms with Crippen LogP contribution in [0.3, 0.4) is 0 Å². The summed E-state index contributed by atoms with van der Waals surface area (Å²) in [6.45, 7) is 9.73. The standard InChI is InChI=1S/C33H41N5O5S2.2C2HF3O2/c1-21(2)30-35-25(19-44-30)31(41)38-14-15-43-33(20-38)9-12-37(13-10-33)18-23-5-3-4-22(16-23)8-11-34-17-27(40)24-6-7-26(39)28-29(24)45-32(42)36-28;2*3-2(4,5)1(6)7/h3-7,16,19,21,27,34,39-40H,8-15,17-18,20H2,1-2H3,(H,36,42);2*(H,6,7)/t27-;;/m0../s1. The van der Waals surface area contributed by atoms with Gasteiger partial charge in [-0.3, -0.25) is 14.5 Å². The molecule has 0 saturated carbocycles. The number of aromatic hydroxyl groups is 1. The second-order valence-electron chi connectivity index (χ2n) is 14.0. The molecule has 2 fully saturated rings. The van der Waals surface area contributed by atoms with E-state index in [1.807, 2.05) is 10.3 Å². The number of morpholine rings is 1. The number of rotatable bonds is 10. The van der Waals surface area contributed by atoms with E-state index in [1.165, 1.54) is 17.2 Å². The number of hydrogen-bond acceptors (Lipinski definition) is 12. The molecule has 6 rings (SSSR count). The molecule has 2 aromatic carbocycles. The topological polar surface area (TPSA) is 206 Å². The average molecular weight is 880 g/mol. The second-order valence-corrected chi connectivity index (χ2v) is 15.9. The summed E-state index contributed by atoms with van der Waals surface area (Å²) in [5.74, 6) is -5.18. The highest BCUT2D eigenvalue weighted by molar-refractivity contribution is 7.16. The van der Waals surface area contributed by atoms with Gasteiger partial charge in [0.2, 0.25) is 0 Å². The van der Waals surface area contributed by atoms with Crippen LogP contribution >= 0.6 is 22.7 Å². The lowest BCUT2D eigenvalue weighted by Gasteiger charge is -2.47. The molecule has 2 aromatic heterocycles. The number of alkyl halides is 6. The zero-order valence-electron chi connectivity index (χ0n) is 31.7. The Labute approximate surface area is 341 Å². The van der Waals surface area contributed by atoms with Crippen LogP contribution in [0.1, 0.15) is 70.9 Å². The van der Waals surface area contributed by atoms with Crippen molar-refractivity contribution in [1.82, 2.24) is 25.1 Å². The largest absolute Gasteiger partial charge is 0.506 e. The summed E-state index contributed by atoms with van der Waals surface area (Å²) < 4.78 is 70.4. The number of aliphatic hydroxyl groups excluding tert-OH is 1. The third-order valence-electron chi connectivity index (χ3n) is 9.30. The van der Waals surface area contributed by atoms with Gasteiger partial charge in [0.25, 0.3) is 5.91 Å². The molecule has 6 N–H and O–H groups in total. The molecule has 59 heavy (non-hydrogen) atoms. The highest BCUT2D eigenvalue weighted by Gasteiger charge is 2.42. The van der Waals surface area contributed by atoms with Gasteiger partial charge in [-0.05, 0) is 43.0 Å². The number of carbonyl (C=O) groups is 3. The fraction of sp³-hybridized carbons (Fsp3) is 0.486. The van der Waals surface area contributed by atoms with Gasteiger partial charge in [0.15, 0.2) is 0 Å². The normalized spacial score (nSPS) is 16.3. The first-order chi connectivity index (χ1) is 27.6. The molecule has 22 heteroatoms. The van der Waals surface area contributed by atoms with Crippen LogP contribution in [0.2, 0.25) is 0 Å². The summed E-state index contributed by atoms with van der Waals surface area (Å²) in [7, 11) is 0. The van der Waals surface area contributed by atoms with E-state index < -0.39 is 30.4 Å². The van der Waals surface area contributed by atoms with E-state index in [-0.39, 0.29) is 22.1 Å². The number of ether oxygens (including phenoxy) is 1. The molecule has 2 saturated heterocycles. The Morgan fingerprint density at radius 2 is 1.63 bits per heavy atom. The predicted molar refractivity (Wildman–Crippen MR) is 205 cm³/mol. The summed E-state index contributed by atoms with van der Waals surface area (Å²) >= 11 is 2.55. The number of likely N-dealkylation sites (tertiary alicyclic amines) is 1. The number of aromatic nitrogens is 2.